The molecule has 3 rings (SSSR count). The molecule has 0 spiro atoms. The molecule has 2 aromatic carbocycles. The highest BCUT2D eigenvalue weighted by molar-refractivity contribution is 8.19. The molecule has 1 fully saturated rings. The summed E-state index contributed by atoms with van der Waals surface area (Å²) in [6.45, 7) is 0.590. The highest BCUT2D eigenvalue weighted by Gasteiger charge is 2.20. The lowest BCUT2D eigenvalue weighted by Crippen LogP contribution is -2.30. The quantitative estimate of drug-likeness (QED) is 0.476. The van der Waals surface area contributed by atoms with E-state index < -0.39 is 0 Å². The van der Waals surface area contributed by atoms with Crippen LogP contribution in [-0.4, -0.2) is 43.4 Å². The first-order valence-corrected chi connectivity index (χ1v) is 11.8. The van der Waals surface area contributed by atoms with Gasteiger partial charge in [-0.1, -0.05) is 24.3 Å². The van der Waals surface area contributed by atoms with E-state index in [4.69, 9.17) is 9.47 Å². The van der Waals surface area contributed by atoms with Gasteiger partial charge >= 0.3 is 0 Å². The van der Waals surface area contributed by atoms with Crippen LogP contribution in [0.1, 0.15) is 10.1 Å². The molecule has 0 aliphatic carbocycles. The van der Waals surface area contributed by atoms with Crippen molar-refractivity contribution in [3.05, 3.63) is 54.1 Å². The Bertz CT molecular complexity index is 737. The maximum Gasteiger partial charge on any atom is 0.257 e. The Morgan fingerprint density at radius 1 is 1.15 bits per heavy atom. The lowest BCUT2D eigenvalue weighted by molar-refractivity contribution is -0.122. The van der Waals surface area contributed by atoms with Crippen LogP contribution in [0, 0.1) is 0 Å². The number of amides is 1. The molecule has 1 saturated heterocycles. The van der Waals surface area contributed by atoms with Crippen molar-refractivity contribution in [3.63, 3.8) is 0 Å². The minimum absolute atomic E-state index is 0.0152. The summed E-state index contributed by atoms with van der Waals surface area (Å²) in [7, 11) is 1.63. The van der Waals surface area contributed by atoms with Crippen LogP contribution in [-0.2, 0) is 4.79 Å². The van der Waals surface area contributed by atoms with Crippen molar-refractivity contribution in [3.8, 4) is 11.5 Å². The molecule has 27 heavy (non-hydrogen) atoms. The van der Waals surface area contributed by atoms with Gasteiger partial charge in [-0.2, -0.15) is 0 Å². The van der Waals surface area contributed by atoms with Crippen molar-refractivity contribution in [1.29, 1.82) is 0 Å². The maximum absolute atomic E-state index is 12.0. The second-order valence-corrected chi connectivity index (χ2v) is 9.68. The first-order chi connectivity index (χ1) is 13.3. The fourth-order valence-corrected chi connectivity index (χ4v) is 6.20. The predicted molar refractivity (Wildman–Crippen MR) is 116 cm³/mol. The Kier molecular flexibility index (Phi) is 8.10. The van der Waals surface area contributed by atoms with Gasteiger partial charge in [-0.3, -0.25) is 4.79 Å². The fraction of sp³-hybridized carbons (Fsp3) is 0.350. The largest absolute Gasteiger partial charge is 0.493 e. The number of hydrogen-bond donors (Lipinski definition) is 1. The zero-order valence-electron chi connectivity index (χ0n) is 15.2. The van der Waals surface area contributed by atoms with Crippen molar-refractivity contribution in [2.24, 2.45) is 0 Å². The monoisotopic (exact) mass is 421 g/mol. The molecule has 7 heteroatoms. The van der Waals surface area contributed by atoms with Crippen LogP contribution in [0.4, 0.5) is 0 Å². The summed E-state index contributed by atoms with van der Waals surface area (Å²) < 4.78 is 11.6. The van der Waals surface area contributed by atoms with Crippen LogP contribution in [0.2, 0.25) is 0 Å². The van der Waals surface area contributed by atoms with Crippen molar-refractivity contribution in [1.82, 2.24) is 5.32 Å². The number of carbonyl (C=O) groups excluding carboxylic acids is 1. The Hall–Kier alpha value is -1.44. The highest BCUT2D eigenvalue weighted by Crippen LogP contribution is 2.46. The SMILES string of the molecule is COc1cc(C2SCCS2)ccc1OCC(=O)NCCSc1ccccc1. The summed E-state index contributed by atoms with van der Waals surface area (Å²) in [5, 5.41) is 2.88. The number of carbonyl (C=O) groups is 1. The third-order valence-corrected chi connectivity index (χ3v) is 7.99. The highest BCUT2D eigenvalue weighted by atomic mass is 32.2. The molecule has 1 aliphatic rings. The van der Waals surface area contributed by atoms with Crippen molar-refractivity contribution in [2.45, 2.75) is 9.48 Å². The second kappa shape index (κ2) is 10.8. The number of rotatable bonds is 9. The van der Waals surface area contributed by atoms with Crippen LogP contribution < -0.4 is 14.8 Å². The lowest BCUT2D eigenvalue weighted by Gasteiger charge is -2.14. The second-order valence-electron chi connectivity index (χ2n) is 5.78. The third-order valence-electron chi connectivity index (χ3n) is 3.88. The molecule has 1 heterocycles. The number of thioether (sulfide) groups is 3. The molecule has 1 amide bonds. The molecular weight excluding hydrogens is 398 g/mol. The topological polar surface area (TPSA) is 47.6 Å². The first kappa shape index (κ1) is 20.3. The summed E-state index contributed by atoms with van der Waals surface area (Å²) in [4.78, 5) is 13.2. The maximum atomic E-state index is 12.0. The molecule has 0 saturated carbocycles. The summed E-state index contributed by atoms with van der Waals surface area (Å²) >= 11 is 5.61. The zero-order valence-corrected chi connectivity index (χ0v) is 17.6. The number of benzene rings is 2. The molecule has 0 unspecified atom stereocenters. The number of methoxy groups -OCH3 is 1. The Balaban J connectivity index is 1.42. The molecule has 0 atom stereocenters. The minimum atomic E-state index is -0.128. The number of hydrogen-bond acceptors (Lipinski definition) is 6. The van der Waals surface area contributed by atoms with Gasteiger partial charge < -0.3 is 14.8 Å². The zero-order chi connectivity index (χ0) is 18.9. The van der Waals surface area contributed by atoms with E-state index in [1.165, 1.54) is 22.0 Å². The number of ether oxygens (including phenoxy) is 2. The van der Waals surface area contributed by atoms with Gasteiger partial charge in [0.2, 0.25) is 0 Å². The summed E-state index contributed by atoms with van der Waals surface area (Å²) in [5.41, 5.74) is 1.23. The van der Waals surface area contributed by atoms with E-state index in [1.54, 1.807) is 18.9 Å². The van der Waals surface area contributed by atoms with Crippen LogP contribution >= 0.6 is 35.3 Å². The van der Waals surface area contributed by atoms with E-state index in [-0.39, 0.29) is 12.5 Å². The van der Waals surface area contributed by atoms with Crippen LogP contribution in [0.5, 0.6) is 11.5 Å². The Labute approximate surface area is 173 Å². The van der Waals surface area contributed by atoms with Gasteiger partial charge in [-0.05, 0) is 29.8 Å². The van der Waals surface area contributed by atoms with Gasteiger partial charge in [0.25, 0.3) is 5.91 Å². The summed E-state index contributed by atoms with van der Waals surface area (Å²) in [6, 6.07) is 16.1. The van der Waals surface area contributed by atoms with Gasteiger partial charge in [0, 0.05) is 28.7 Å². The van der Waals surface area contributed by atoms with E-state index in [0.717, 1.165) is 5.75 Å². The summed E-state index contributed by atoms with van der Waals surface area (Å²) in [6.07, 6.45) is 0. The molecule has 1 N–H and O–H groups in total. The Morgan fingerprint density at radius 2 is 1.93 bits per heavy atom. The molecule has 2 aromatic rings. The predicted octanol–water partition coefficient (Wildman–Crippen LogP) is 4.46. The van der Waals surface area contributed by atoms with Gasteiger partial charge in [-0.15, -0.1) is 35.3 Å². The van der Waals surface area contributed by atoms with E-state index in [2.05, 4.69) is 23.5 Å². The van der Waals surface area contributed by atoms with Crippen LogP contribution in [0.25, 0.3) is 0 Å². The van der Waals surface area contributed by atoms with Gasteiger partial charge in [-0.25, -0.2) is 0 Å². The molecular formula is C20H23NO3S3. The van der Waals surface area contributed by atoms with Gasteiger partial charge in [0.15, 0.2) is 18.1 Å². The lowest BCUT2D eigenvalue weighted by atomic mass is 10.2. The molecule has 144 valence electrons. The average molecular weight is 422 g/mol. The van der Waals surface area contributed by atoms with E-state index >= 15 is 0 Å². The average Bonchev–Trinajstić information content (AvgIpc) is 3.25. The molecule has 1 aliphatic heterocycles. The Morgan fingerprint density at radius 3 is 2.67 bits per heavy atom. The summed E-state index contributed by atoms with van der Waals surface area (Å²) in [5.74, 6) is 4.33. The first-order valence-electron chi connectivity index (χ1n) is 8.75. The van der Waals surface area contributed by atoms with Crippen molar-refractivity contribution < 1.29 is 14.3 Å². The molecule has 0 bridgehead atoms. The van der Waals surface area contributed by atoms with Gasteiger partial charge in [0.1, 0.15) is 0 Å². The fourth-order valence-electron chi connectivity index (χ4n) is 2.57. The van der Waals surface area contributed by atoms with E-state index in [9.17, 15) is 4.79 Å². The van der Waals surface area contributed by atoms with E-state index in [1.807, 2.05) is 53.9 Å². The normalized spacial score (nSPS) is 14.1. The van der Waals surface area contributed by atoms with Crippen molar-refractivity contribution >= 4 is 41.2 Å². The third kappa shape index (κ3) is 6.30. The van der Waals surface area contributed by atoms with Crippen LogP contribution in [0.3, 0.4) is 0 Å². The van der Waals surface area contributed by atoms with Crippen molar-refractivity contribution in [2.75, 3.05) is 37.5 Å². The molecule has 0 aromatic heterocycles. The number of nitrogens with one attached hydrogen (secondary N) is 1. The van der Waals surface area contributed by atoms with E-state index in [0.29, 0.717) is 22.6 Å². The van der Waals surface area contributed by atoms with Gasteiger partial charge in [0.05, 0.1) is 11.7 Å². The minimum Gasteiger partial charge on any atom is -0.493 e. The molecule has 4 nitrogen and oxygen atoms in total. The molecule has 0 radical (unpaired) electrons. The smallest absolute Gasteiger partial charge is 0.257 e. The standard InChI is InChI=1S/C20H23NO3S3/c1-23-18-13-15(20-26-11-12-27-20)7-8-17(18)24-14-19(22)21-9-10-25-16-5-3-2-4-6-16/h2-8,13,20H,9-12,14H2,1H3,(H,21,22). The van der Waals surface area contributed by atoms with Crippen LogP contribution in [0.15, 0.2) is 53.4 Å².